The van der Waals surface area contributed by atoms with E-state index in [2.05, 4.69) is 5.32 Å². The van der Waals surface area contributed by atoms with Crippen molar-refractivity contribution >= 4 is 46.4 Å². The number of hydrogen-bond acceptors (Lipinski definition) is 3. The fourth-order valence-corrected chi connectivity index (χ4v) is 3.92. The molecule has 3 rings (SSSR count). The van der Waals surface area contributed by atoms with Gasteiger partial charge >= 0.3 is 0 Å². The maximum absolute atomic E-state index is 14.0. The van der Waals surface area contributed by atoms with Gasteiger partial charge in [0.1, 0.15) is 12.4 Å². The van der Waals surface area contributed by atoms with Gasteiger partial charge in [-0.3, -0.25) is 0 Å². The molecule has 0 aliphatic heterocycles. The second kappa shape index (κ2) is 11.3. The third kappa shape index (κ3) is 6.41. The summed E-state index contributed by atoms with van der Waals surface area (Å²) in [4.78, 5) is 0. The topological polar surface area (TPSA) is 30.5 Å². The summed E-state index contributed by atoms with van der Waals surface area (Å²) in [6, 6.07) is 13.4. The lowest BCUT2D eigenvalue weighted by molar-refractivity contribution is 0.279. The van der Waals surface area contributed by atoms with E-state index >= 15 is 0 Å². The fourth-order valence-electron chi connectivity index (χ4n) is 2.98. The van der Waals surface area contributed by atoms with Gasteiger partial charge in [0.15, 0.2) is 11.5 Å². The zero-order valence-electron chi connectivity index (χ0n) is 16.7. The van der Waals surface area contributed by atoms with Crippen LogP contribution in [0.3, 0.4) is 0 Å². The van der Waals surface area contributed by atoms with E-state index in [0.29, 0.717) is 44.7 Å². The summed E-state index contributed by atoms with van der Waals surface area (Å²) in [5.41, 5.74) is 2.13. The minimum Gasteiger partial charge on any atom is -0.493 e. The molecule has 0 unspecified atom stereocenters. The monoisotopic (exact) mass is 501 g/mol. The highest BCUT2D eigenvalue weighted by Crippen LogP contribution is 2.34. The first kappa shape index (κ1) is 24.0. The molecular formula is C23H20Cl4FNO2. The molecule has 0 saturated carbocycles. The van der Waals surface area contributed by atoms with E-state index < -0.39 is 5.82 Å². The second-order valence-corrected chi connectivity index (χ2v) is 8.40. The van der Waals surface area contributed by atoms with Gasteiger partial charge in [0.05, 0.1) is 12.1 Å². The van der Waals surface area contributed by atoms with E-state index in [0.717, 1.165) is 17.5 Å². The molecule has 0 aliphatic carbocycles. The highest BCUT2D eigenvalue weighted by atomic mass is 35.5. The highest BCUT2D eigenvalue weighted by Gasteiger charge is 2.13. The molecule has 1 N–H and O–H groups in total. The summed E-state index contributed by atoms with van der Waals surface area (Å²) in [5.74, 6) is 0.470. The van der Waals surface area contributed by atoms with E-state index in [1.165, 1.54) is 13.2 Å². The molecule has 0 aromatic heterocycles. The van der Waals surface area contributed by atoms with Gasteiger partial charge < -0.3 is 14.8 Å². The van der Waals surface area contributed by atoms with Gasteiger partial charge in [-0.25, -0.2) is 4.39 Å². The molecule has 0 fully saturated rings. The van der Waals surface area contributed by atoms with Crippen molar-refractivity contribution < 1.29 is 13.9 Å². The molecule has 8 heteroatoms. The van der Waals surface area contributed by atoms with Crippen molar-refractivity contribution in [1.29, 1.82) is 0 Å². The molecule has 0 spiro atoms. The van der Waals surface area contributed by atoms with Gasteiger partial charge in [-0.05, 0) is 54.4 Å². The van der Waals surface area contributed by atoms with Crippen molar-refractivity contribution in [2.24, 2.45) is 0 Å². The minimum absolute atomic E-state index is 0.0440. The van der Waals surface area contributed by atoms with Crippen molar-refractivity contribution in [3.63, 3.8) is 0 Å². The zero-order valence-corrected chi connectivity index (χ0v) is 19.7. The Morgan fingerprint density at radius 3 is 2.35 bits per heavy atom. The molecule has 3 nitrogen and oxygen atoms in total. The molecule has 0 atom stereocenters. The third-order valence-electron chi connectivity index (χ3n) is 4.67. The lowest BCUT2D eigenvalue weighted by Gasteiger charge is -2.15. The predicted molar refractivity (Wildman–Crippen MR) is 126 cm³/mol. The maximum atomic E-state index is 14.0. The van der Waals surface area contributed by atoms with Crippen LogP contribution in [0.1, 0.15) is 16.7 Å². The summed E-state index contributed by atoms with van der Waals surface area (Å²) in [6.45, 7) is 1.18. The first-order chi connectivity index (χ1) is 14.9. The lowest BCUT2D eigenvalue weighted by Crippen LogP contribution is -2.17. The van der Waals surface area contributed by atoms with E-state index in [-0.39, 0.29) is 12.2 Å². The van der Waals surface area contributed by atoms with Crippen molar-refractivity contribution in [3.05, 3.63) is 91.1 Å². The van der Waals surface area contributed by atoms with Crippen molar-refractivity contribution in [3.8, 4) is 11.5 Å². The van der Waals surface area contributed by atoms with Gasteiger partial charge in [-0.1, -0.05) is 58.5 Å². The lowest BCUT2D eigenvalue weighted by atomic mass is 10.1. The summed E-state index contributed by atoms with van der Waals surface area (Å²) in [7, 11) is 1.53. The van der Waals surface area contributed by atoms with Crippen molar-refractivity contribution in [2.45, 2.75) is 19.6 Å². The Morgan fingerprint density at radius 1 is 0.871 bits per heavy atom. The van der Waals surface area contributed by atoms with Gasteiger partial charge in [-0.2, -0.15) is 0 Å². The third-order valence-corrected chi connectivity index (χ3v) is 5.96. The van der Waals surface area contributed by atoms with Crippen LogP contribution in [0.2, 0.25) is 20.1 Å². The molecule has 0 aliphatic rings. The molecule has 0 heterocycles. The largest absolute Gasteiger partial charge is 0.493 e. The average molecular weight is 503 g/mol. The summed E-state index contributed by atoms with van der Waals surface area (Å²) in [6.07, 6.45) is 0.745. The molecule has 3 aromatic rings. The summed E-state index contributed by atoms with van der Waals surface area (Å²) in [5, 5.41) is 5.40. The van der Waals surface area contributed by atoms with Gasteiger partial charge in [0.25, 0.3) is 0 Å². The summed E-state index contributed by atoms with van der Waals surface area (Å²) < 4.78 is 25.1. The molecule has 0 radical (unpaired) electrons. The Balaban J connectivity index is 1.62. The smallest absolute Gasteiger partial charge is 0.163 e. The van der Waals surface area contributed by atoms with Crippen molar-refractivity contribution in [1.82, 2.24) is 5.32 Å². The first-order valence-electron chi connectivity index (χ1n) is 9.45. The quantitative estimate of drug-likeness (QED) is 0.310. The Morgan fingerprint density at radius 2 is 1.65 bits per heavy atom. The number of rotatable bonds is 9. The van der Waals surface area contributed by atoms with E-state index in [9.17, 15) is 4.39 Å². The predicted octanol–water partition coefficient (Wildman–Crippen LogP) is 7.36. The van der Waals surface area contributed by atoms with Crippen LogP contribution in [0.15, 0.2) is 48.5 Å². The zero-order chi connectivity index (χ0) is 22.4. The van der Waals surface area contributed by atoms with Crippen LogP contribution in [0.25, 0.3) is 0 Å². The van der Waals surface area contributed by atoms with Crippen LogP contribution in [0.4, 0.5) is 4.39 Å². The molecule has 31 heavy (non-hydrogen) atoms. The van der Waals surface area contributed by atoms with Crippen LogP contribution >= 0.6 is 46.4 Å². The number of halogens is 5. The van der Waals surface area contributed by atoms with Crippen LogP contribution in [-0.2, 0) is 19.6 Å². The minimum atomic E-state index is -0.431. The molecule has 164 valence electrons. The van der Waals surface area contributed by atoms with Crippen LogP contribution in [0, 0.1) is 5.82 Å². The van der Waals surface area contributed by atoms with Crippen LogP contribution in [-0.4, -0.2) is 13.7 Å². The normalized spacial score (nSPS) is 10.9. The van der Waals surface area contributed by atoms with E-state index in [1.807, 2.05) is 12.1 Å². The van der Waals surface area contributed by atoms with Gasteiger partial charge in [-0.15, -0.1) is 0 Å². The van der Waals surface area contributed by atoms with Crippen LogP contribution < -0.4 is 14.8 Å². The number of nitrogens with one attached hydrogen (secondary N) is 1. The van der Waals surface area contributed by atoms with Crippen molar-refractivity contribution in [2.75, 3.05) is 13.7 Å². The van der Waals surface area contributed by atoms with Gasteiger partial charge in [0.2, 0.25) is 0 Å². The SMILES string of the molecule is COc1cc(CNCCc2ccc(Cl)cc2Cl)c(Cl)cc1OCc1c(F)cccc1Cl. The number of ether oxygens (including phenoxy) is 2. The Hall–Kier alpha value is -1.69. The Labute approximate surface area is 201 Å². The molecule has 3 aromatic carbocycles. The number of benzene rings is 3. The summed E-state index contributed by atoms with van der Waals surface area (Å²) >= 11 is 24.6. The first-order valence-corrected chi connectivity index (χ1v) is 11.0. The highest BCUT2D eigenvalue weighted by molar-refractivity contribution is 6.35. The fraction of sp³-hybridized carbons (Fsp3) is 0.217. The maximum Gasteiger partial charge on any atom is 0.163 e. The number of methoxy groups -OCH3 is 1. The number of hydrogen-bond donors (Lipinski definition) is 1. The molecular weight excluding hydrogens is 483 g/mol. The average Bonchev–Trinajstić information content (AvgIpc) is 2.73. The van der Waals surface area contributed by atoms with E-state index in [4.69, 9.17) is 55.9 Å². The standard InChI is InChI=1S/C23H20Cl4FNO2/c1-30-22-9-15(12-29-8-7-14-5-6-16(24)10-19(14)26)20(27)11-23(22)31-13-17-18(25)3-2-4-21(17)28/h2-6,9-11,29H,7-8,12-13H2,1H3. The molecule has 0 amide bonds. The Kier molecular flexibility index (Phi) is 8.70. The molecule has 0 saturated heterocycles. The molecule has 0 bridgehead atoms. The van der Waals surface area contributed by atoms with E-state index in [1.54, 1.807) is 30.3 Å². The van der Waals surface area contributed by atoms with Gasteiger partial charge in [0, 0.05) is 33.2 Å². The Bertz CT molecular complexity index is 1040. The van der Waals surface area contributed by atoms with Crippen LogP contribution in [0.5, 0.6) is 11.5 Å². The second-order valence-electron chi connectivity index (χ2n) is 6.75.